The van der Waals surface area contributed by atoms with E-state index in [1.165, 1.54) is 0 Å². The number of fused-ring (bicyclic) bond motifs is 1. The number of rotatable bonds is 3. The minimum absolute atomic E-state index is 0.0692. The van der Waals surface area contributed by atoms with Crippen molar-refractivity contribution in [3.05, 3.63) is 41.2 Å². The Morgan fingerprint density at radius 1 is 1.25 bits per heavy atom. The number of ether oxygens (including phenoxy) is 2. The summed E-state index contributed by atoms with van der Waals surface area (Å²) in [6, 6.07) is 7.39. The zero-order valence-corrected chi connectivity index (χ0v) is 16.0. The smallest absolute Gasteiger partial charge is 0.272 e. The van der Waals surface area contributed by atoms with Crippen molar-refractivity contribution in [2.45, 2.75) is 38.2 Å². The summed E-state index contributed by atoms with van der Waals surface area (Å²) in [4.78, 5) is 22.8. The molecule has 1 fully saturated rings. The number of piperidine rings is 1. The molecular weight excluding hydrogens is 360 g/mol. The normalized spacial score (nSPS) is 21.2. The highest BCUT2D eigenvalue weighted by Gasteiger charge is 2.33. The third-order valence-corrected chi connectivity index (χ3v) is 5.27. The van der Waals surface area contributed by atoms with Crippen molar-refractivity contribution in [3.8, 4) is 11.5 Å². The van der Waals surface area contributed by atoms with E-state index in [4.69, 9.17) is 15.2 Å². The zero-order valence-electron chi connectivity index (χ0n) is 16.0. The molecule has 3 N–H and O–H groups in total. The van der Waals surface area contributed by atoms with Crippen LogP contribution in [0.25, 0.3) is 0 Å². The van der Waals surface area contributed by atoms with Crippen LogP contribution in [0.4, 0.5) is 5.95 Å². The number of carbonyl (C=O) groups is 1. The van der Waals surface area contributed by atoms with Gasteiger partial charge >= 0.3 is 0 Å². The van der Waals surface area contributed by atoms with E-state index in [2.05, 4.69) is 9.97 Å². The van der Waals surface area contributed by atoms with Crippen molar-refractivity contribution in [1.29, 1.82) is 0 Å². The van der Waals surface area contributed by atoms with Crippen LogP contribution in [0.3, 0.4) is 0 Å². The number of anilines is 1. The molecule has 1 saturated heterocycles. The van der Waals surface area contributed by atoms with Gasteiger partial charge in [0.2, 0.25) is 12.7 Å². The van der Waals surface area contributed by atoms with Crippen LogP contribution in [0.5, 0.6) is 11.5 Å². The Labute approximate surface area is 163 Å². The molecule has 1 aromatic carbocycles. The maximum Gasteiger partial charge on any atom is 0.272 e. The van der Waals surface area contributed by atoms with E-state index >= 15 is 0 Å². The molecule has 4 rings (SSSR count). The maximum atomic E-state index is 12.9. The molecule has 0 unspecified atom stereocenters. The summed E-state index contributed by atoms with van der Waals surface area (Å²) >= 11 is 0. The quantitative estimate of drug-likeness (QED) is 0.831. The van der Waals surface area contributed by atoms with Crippen LogP contribution in [-0.4, -0.2) is 51.9 Å². The summed E-state index contributed by atoms with van der Waals surface area (Å²) in [6.45, 7) is 4.94. The number of likely N-dealkylation sites (tertiary alicyclic amines) is 1. The molecule has 0 aliphatic carbocycles. The highest BCUT2D eigenvalue weighted by atomic mass is 16.7. The molecule has 148 valence electrons. The van der Waals surface area contributed by atoms with Crippen LogP contribution in [0.15, 0.2) is 24.3 Å². The predicted octanol–water partition coefficient (Wildman–Crippen LogP) is 1.90. The van der Waals surface area contributed by atoms with Crippen LogP contribution in [0.1, 0.15) is 53.8 Å². The molecule has 0 radical (unpaired) electrons. The lowest BCUT2D eigenvalue weighted by molar-refractivity contribution is 0.0377. The molecule has 2 atom stereocenters. The summed E-state index contributed by atoms with van der Waals surface area (Å²) in [5.74, 6) is 1.33. The summed E-state index contributed by atoms with van der Waals surface area (Å²) in [7, 11) is 0. The molecule has 8 nitrogen and oxygen atoms in total. The number of β-amino-alcohol motifs (C(OH)–C–C–N with tert-alkyl or cyclic N) is 1. The number of nitrogen functional groups attached to an aromatic ring is 1. The number of hydrogen-bond acceptors (Lipinski definition) is 7. The molecule has 1 aromatic heterocycles. The Hall–Kier alpha value is -2.87. The summed E-state index contributed by atoms with van der Waals surface area (Å²) < 4.78 is 10.8. The first-order valence-electron chi connectivity index (χ1n) is 9.43. The maximum absolute atomic E-state index is 12.9. The van der Waals surface area contributed by atoms with Gasteiger partial charge in [0.05, 0.1) is 6.10 Å². The highest BCUT2D eigenvalue weighted by Crippen LogP contribution is 2.37. The number of hydrogen-bond donors (Lipinski definition) is 2. The molecule has 2 aromatic rings. The van der Waals surface area contributed by atoms with Crippen LogP contribution in [0.2, 0.25) is 0 Å². The minimum Gasteiger partial charge on any atom is -0.454 e. The monoisotopic (exact) mass is 384 g/mol. The topological polar surface area (TPSA) is 111 Å². The van der Waals surface area contributed by atoms with Crippen molar-refractivity contribution < 1.29 is 19.4 Å². The van der Waals surface area contributed by atoms with Crippen molar-refractivity contribution >= 4 is 11.9 Å². The largest absolute Gasteiger partial charge is 0.454 e. The van der Waals surface area contributed by atoms with Gasteiger partial charge in [0.25, 0.3) is 5.91 Å². The van der Waals surface area contributed by atoms with E-state index in [-0.39, 0.29) is 42.7 Å². The number of aliphatic hydroxyl groups is 1. The molecular formula is C20H24N4O4. The van der Waals surface area contributed by atoms with Crippen LogP contribution >= 0.6 is 0 Å². The van der Waals surface area contributed by atoms with Gasteiger partial charge in [-0.2, -0.15) is 0 Å². The van der Waals surface area contributed by atoms with Gasteiger partial charge < -0.3 is 25.2 Å². The Kier molecular flexibility index (Phi) is 4.80. The summed E-state index contributed by atoms with van der Waals surface area (Å²) in [5.41, 5.74) is 7.75. The van der Waals surface area contributed by atoms with Gasteiger partial charge in [0, 0.05) is 24.7 Å². The predicted molar refractivity (Wildman–Crippen MR) is 102 cm³/mol. The lowest BCUT2D eigenvalue weighted by Gasteiger charge is -2.36. The third kappa shape index (κ3) is 3.47. The van der Waals surface area contributed by atoms with E-state index in [1.54, 1.807) is 11.0 Å². The van der Waals surface area contributed by atoms with Crippen molar-refractivity contribution in [3.63, 3.8) is 0 Å². The highest BCUT2D eigenvalue weighted by molar-refractivity contribution is 5.92. The standard InChI is InChI=1S/C20H24N4O4/c1-11(2)14-8-15(23-20(21)22-14)19(26)24-6-5-13(16(25)9-24)12-3-4-17-18(7-12)28-10-27-17/h3-4,7-8,11,13,16,25H,5-6,9-10H2,1-2H3,(H2,21,22,23)/t13-,16+/m0/s1. The second-order valence-electron chi connectivity index (χ2n) is 7.52. The second kappa shape index (κ2) is 7.27. The lowest BCUT2D eigenvalue weighted by Crippen LogP contribution is -2.46. The molecule has 0 saturated carbocycles. The first kappa shape index (κ1) is 18.5. The van der Waals surface area contributed by atoms with Gasteiger partial charge in [-0.15, -0.1) is 0 Å². The number of nitrogens with two attached hydrogens (primary N) is 1. The van der Waals surface area contributed by atoms with Crippen molar-refractivity contribution in [2.75, 3.05) is 25.6 Å². The minimum atomic E-state index is -0.679. The van der Waals surface area contributed by atoms with E-state index in [1.807, 2.05) is 32.0 Å². The molecule has 0 bridgehead atoms. The van der Waals surface area contributed by atoms with E-state index in [0.29, 0.717) is 24.5 Å². The molecule has 0 spiro atoms. The number of benzene rings is 1. The van der Waals surface area contributed by atoms with Crippen LogP contribution in [-0.2, 0) is 0 Å². The van der Waals surface area contributed by atoms with Gasteiger partial charge in [0.15, 0.2) is 11.5 Å². The zero-order chi connectivity index (χ0) is 19.8. The molecule has 3 heterocycles. The number of nitrogens with zero attached hydrogens (tertiary/aromatic N) is 3. The molecule has 2 aliphatic rings. The number of aliphatic hydroxyl groups excluding tert-OH is 1. The number of carbonyl (C=O) groups excluding carboxylic acids is 1. The Balaban J connectivity index is 1.49. The second-order valence-corrected chi connectivity index (χ2v) is 7.52. The first-order chi connectivity index (χ1) is 13.4. The van der Waals surface area contributed by atoms with Crippen LogP contribution in [0, 0.1) is 0 Å². The van der Waals surface area contributed by atoms with Gasteiger partial charge in [-0.1, -0.05) is 19.9 Å². The molecule has 8 heteroatoms. The summed E-state index contributed by atoms with van der Waals surface area (Å²) in [5, 5.41) is 10.7. The van der Waals surface area contributed by atoms with Gasteiger partial charge in [-0.05, 0) is 36.1 Å². The van der Waals surface area contributed by atoms with E-state index < -0.39 is 6.10 Å². The molecule has 28 heavy (non-hydrogen) atoms. The average molecular weight is 384 g/mol. The van der Waals surface area contributed by atoms with E-state index in [0.717, 1.165) is 11.3 Å². The van der Waals surface area contributed by atoms with Gasteiger partial charge in [-0.3, -0.25) is 4.79 Å². The lowest BCUT2D eigenvalue weighted by atomic mass is 9.86. The summed E-state index contributed by atoms with van der Waals surface area (Å²) in [6.07, 6.45) is -0.0359. The van der Waals surface area contributed by atoms with Crippen molar-refractivity contribution in [1.82, 2.24) is 14.9 Å². The molecule has 2 aliphatic heterocycles. The van der Waals surface area contributed by atoms with Gasteiger partial charge in [0.1, 0.15) is 5.69 Å². The third-order valence-electron chi connectivity index (χ3n) is 5.27. The fourth-order valence-corrected chi connectivity index (χ4v) is 3.70. The van der Waals surface area contributed by atoms with Crippen LogP contribution < -0.4 is 15.2 Å². The van der Waals surface area contributed by atoms with E-state index in [9.17, 15) is 9.90 Å². The van der Waals surface area contributed by atoms with Gasteiger partial charge in [-0.25, -0.2) is 9.97 Å². The fourth-order valence-electron chi connectivity index (χ4n) is 3.70. The Morgan fingerprint density at radius 2 is 2.04 bits per heavy atom. The van der Waals surface area contributed by atoms with Crippen molar-refractivity contribution in [2.24, 2.45) is 0 Å². The average Bonchev–Trinajstić information content (AvgIpc) is 3.14. The number of amides is 1. The number of aromatic nitrogens is 2. The Bertz CT molecular complexity index is 902. The molecule has 1 amide bonds. The first-order valence-corrected chi connectivity index (χ1v) is 9.43. The SMILES string of the molecule is CC(C)c1cc(C(=O)N2CC[C@@H](c3ccc4c(c3)OCO4)[C@H](O)C2)nc(N)n1. The Morgan fingerprint density at radius 3 is 2.79 bits per heavy atom. The fraction of sp³-hybridized carbons (Fsp3) is 0.450.